The number of hydrogen-bond donors (Lipinski definition) is 2. The fourth-order valence-corrected chi connectivity index (χ4v) is 2.54. The third-order valence-corrected chi connectivity index (χ3v) is 3.51. The molecule has 17 heavy (non-hydrogen) atoms. The molecule has 0 unspecified atom stereocenters. The zero-order valence-electron chi connectivity index (χ0n) is 9.71. The molecule has 0 atom stereocenters. The van der Waals surface area contributed by atoms with Crippen LogP contribution in [0.15, 0.2) is 28.7 Å². The molecule has 1 saturated carbocycles. The minimum atomic E-state index is 0.0231. The quantitative estimate of drug-likeness (QED) is 0.897. The summed E-state index contributed by atoms with van der Waals surface area (Å²) in [4.78, 5) is 11.7. The number of carbonyl (C=O) groups excluding carboxylic acids is 1. The van der Waals surface area contributed by atoms with E-state index in [4.69, 9.17) is 0 Å². The summed E-state index contributed by atoms with van der Waals surface area (Å²) in [5, 5.41) is 6.17. The lowest BCUT2D eigenvalue weighted by molar-refractivity contribution is -0.115. The number of benzene rings is 1. The van der Waals surface area contributed by atoms with E-state index in [0.29, 0.717) is 12.6 Å². The molecule has 1 aromatic carbocycles. The summed E-state index contributed by atoms with van der Waals surface area (Å²) in [7, 11) is 0. The van der Waals surface area contributed by atoms with Crippen molar-refractivity contribution in [1.29, 1.82) is 0 Å². The lowest BCUT2D eigenvalue weighted by Gasteiger charge is -2.11. The van der Waals surface area contributed by atoms with E-state index in [1.165, 1.54) is 25.7 Å². The standard InChI is InChI=1S/C13H17BrN2O/c14-10-4-3-7-12(8-10)16-13(17)9-15-11-5-1-2-6-11/h3-4,7-8,11,15H,1-2,5-6,9H2,(H,16,17). The Morgan fingerprint density at radius 1 is 1.35 bits per heavy atom. The second-order valence-corrected chi connectivity index (χ2v) is 5.34. The Morgan fingerprint density at radius 3 is 2.82 bits per heavy atom. The summed E-state index contributed by atoms with van der Waals surface area (Å²) in [6.45, 7) is 0.400. The summed E-state index contributed by atoms with van der Waals surface area (Å²) >= 11 is 3.38. The number of anilines is 1. The number of carbonyl (C=O) groups is 1. The summed E-state index contributed by atoms with van der Waals surface area (Å²) in [6, 6.07) is 8.16. The molecule has 0 aromatic heterocycles. The van der Waals surface area contributed by atoms with Crippen LogP contribution in [0.1, 0.15) is 25.7 Å². The number of hydrogen-bond acceptors (Lipinski definition) is 2. The van der Waals surface area contributed by atoms with E-state index in [9.17, 15) is 4.79 Å². The molecule has 0 spiro atoms. The van der Waals surface area contributed by atoms with Crippen molar-refractivity contribution in [2.24, 2.45) is 0 Å². The number of amides is 1. The largest absolute Gasteiger partial charge is 0.325 e. The van der Waals surface area contributed by atoms with Gasteiger partial charge in [0.1, 0.15) is 0 Å². The molecule has 1 aromatic rings. The summed E-state index contributed by atoms with van der Waals surface area (Å²) in [5.74, 6) is 0.0231. The molecule has 1 aliphatic rings. The molecule has 92 valence electrons. The summed E-state index contributed by atoms with van der Waals surface area (Å²) in [5.41, 5.74) is 0.831. The van der Waals surface area contributed by atoms with Gasteiger partial charge in [-0.1, -0.05) is 34.8 Å². The van der Waals surface area contributed by atoms with E-state index in [1.807, 2.05) is 24.3 Å². The molecule has 2 N–H and O–H groups in total. The Bertz CT molecular complexity index is 389. The average molecular weight is 297 g/mol. The summed E-state index contributed by atoms with van der Waals surface area (Å²) < 4.78 is 0.971. The first-order valence-corrected chi connectivity index (χ1v) is 6.82. The Labute approximate surface area is 110 Å². The van der Waals surface area contributed by atoms with E-state index in [2.05, 4.69) is 26.6 Å². The third-order valence-electron chi connectivity index (χ3n) is 3.01. The van der Waals surface area contributed by atoms with E-state index in [-0.39, 0.29) is 5.91 Å². The van der Waals surface area contributed by atoms with Gasteiger partial charge in [-0.2, -0.15) is 0 Å². The first-order valence-electron chi connectivity index (χ1n) is 6.03. The highest BCUT2D eigenvalue weighted by atomic mass is 79.9. The van der Waals surface area contributed by atoms with Crippen molar-refractivity contribution < 1.29 is 4.79 Å². The molecule has 2 rings (SSSR count). The average Bonchev–Trinajstić information content (AvgIpc) is 2.79. The zero-order valence-corrected chi connectivity index (χ0v) is 11.3. The van der Waals surface area contributed by atoms with E-state index in [0.717, 1.165) is 10.2 Å². The van der Waals surface area contributed by atoms with Crippen LogP contribution in [0.4, 0.5) is 5.69 Å². The van der Waals surface area contributed by atoms with Crippen molar-refractivity contribution in [2.45, 2.75) is 31.7 Å². The van der Waals surface area contributed by atoms with Crippen molar-refractivity contribution in [3.05, 3.63) is 28.7 Å². The maximum absolute atomic E-state index is 11.7. The highest BCUT2D eigenvalue weighted by molar-refractivity contribution is 9.10. The van der Waals surface area contributed by atoms with Gasteiger partial charge in [0.15, 0.2) is 0 Å². The number of nitrogens with one attached hydrogen (secondary N) is 2. The molecule has 4 heteroatoms. The summed E-state index contributed by atoms with van der Waals surface area (Å²) in [6.07, 6.45) is 4.96. The zero-order chi connectivity index (χ0) is 12.1. The molecule has 0 bridgehead atoms. The van der Waals surface area contributed by atoms with Crippen LogP contribution >= 0.6 is 15.9 Å². The first kappa shape index (κ1) is 12.6. The predicted octanol–water partition coefficient (Wildman–Crippen LogP) is 2.92. The van der Waals surface area contributed by atoms with E-state index >= 15 is 0 Å². The van der Waals surface area contributed by atoms with E-state index < -0.39 is 0 Å². The van der Waals surface area contributed by atoms with Crippen molar-refractivity contribution in [1.82, 2.24) is 5.32 Å². The van der Waals surface area contributed by atoms with Crippen molar-refractivity contribution >= 4 is 27.5 Å². The topological polar surface area (TPSA) is 41.1 Å². The molecule has 0 aliphatic heterocycles. The Hall–Kier alpha value is -0.870. The predicted molar refractivity (Wildman–Crippen MR) is 73.0 cm³/mol. The van der Waals surface area contributed by atoms with Gasteiger partial charge in [-0.25, -0.2) is 0 Å². The highest BCUT2D eigenvalue weighted by Crippen LogP contribution is 2.17. The van der Waals surface area contributed by atoms with Crippen LogP contribution in [0.5, 0.6) is 0 Å². The minimum Gasteiger partial charge on any atom is -0.325 e. The molecule has 1 fully saturated rings. The Kier molecular flexibility index (Phi) is 4.57. The van der Waals surface area contributed by atoms with Crippen LogP contribution in [0.25, 0.3) is 0 Å². The highest BCUT2D eigenvalue weighted by Gasteiger charge is 2.15. The molecule has 1 aliphatic carbocycles. The Balaban J connectivity index is 1.76. The lowest BCUT2D eigenvalue weighted by atomic mass is 10.2. The van der Waals surface area contributed by atoms with Crippen LogP contribution in [0.3, 0.4) is 0 Å². The van der Waals surface area contributed by atoms with Gasteiger partial charge in [-0.15, -0.1) is 0 Å². The van der Waals surface area contributed by atoms with Crippen molar-refractivity contribution in [3.8, 4) is 0 Å². The van der Waals surface area contributed by atoms with Gasteiger partial charge in [0.25, 0.3) is 0 Å². The van der Waals surface area contributed by atoms with Crippen LogP contribution in [-0.2, 0) is 4.79 Å². The second-order valence-electron chi connectivity index (χ2n) is 4.42. The number of rotatable bonds is 4. The van der Waals surface area contributed by atoms with Gasteiger partial charge in [-0.3, -0.25) is 4.79 Å². The first-order chi connectivity index (χ1) is 8.24. The van der Waals surface area contributed by atoms with Gasteiger partial charge in [-0.05, 0) is 31.0 Å². The van der Waals surface area contributed by atoms with Crippen molar-refractivity contribution in [3.63, 3.8) is 0 Å². The van der Waals surface area contributed by atoms with Gasteiger partial charge >= 0.3 is 0 Å². The molecule has 0 radical (unpaired) electrons. The van der Waals surface area contributed by atoms with Gasteiger partial charge in [0.2, 0.25) is 5.91 Å². The van der Waals surface area contributed by atoms with Crippen molar-refractivity contribution in [2.75, 3.05) is 11.9 Å². The normalized spacial score (nSPS) is 16.1. The molecular weight excluding hydrogens is 280 g/mol. The van der Waals surface area contributed by atoms with Gasteiger partial charge in [0, 0.05) is 16.2 Å². The maximum Gasteiger partial charge on any atom is 0.238 e. The number of halogens is 1. The van der Waals surface area contributed by atoms with Crippen LogP contribution < -0.4 is 10.6 Å². The fourth-order valence-electron chi connectivity index (χ4n) is 2.14. The Morgan fingerprint density at radius 2 is 2.12 bits per heavy atom. The second kappa shape index (κ2) is 6.17. The molecule has 0 saturated heterocycles. The maximum atomic E-state index is 11.7. The molecule has 0 heterocycles. The van der Waals surface area contributed by atoms with Crippen LogP contribution in [0, 0.1) is 0 Å². The third kappa shape index (κ3) is 4.13. The monoisotopic (exact) mass is 296 g/mol. The lowest BCUT2D eigenvalue weighted by Crippen LogP contribution is -2.34. The fraction of sp³-hybridized carbons (Fsp3) is 0.462. The molecule has 1 amide bonds. The minimum absolute atomic E-state index is 0.0231. The smallest absolute Gasteiger partial charge is 0.238 e. The van der Waals surface area contributed by atoms with Crippen LogP contribution in [0.2, 0.25) is 0 Å². The van der Waals surface area contributed by atoms with Gasteiger partial charge < -0.3 is 10.6 Å². The molecular formula is C13H17BrN2O. The van der Waals surface area contributed by atoms with E-state index in [1.54, 1.807) is 0 Å². The molecule has 3 nitrogen and oxygen atoms in total. The van der Waals surface area contributed by atoms with Crippen LogP contribution in [-0.4, -0.2) is 18.5 Å². The van der Waals surface area contributed by atoms with Gasteiger partial charge in [0.05, 0.1) is 6.54 Å². The SMILES string of the molecule is O=C(CNC1CCCC1)Nc1cccc(Br)c1.